The minimum atomic E-state index is -0.739. The predicted octanol–water partition coefficient (Wildman–Crippen LogP) is 0.889. The van der Waals surface area contributed by atoms with Crippen molar-refractivity contribution in [3.05, 3.63) is 28.3 Å². The number of hydrogen-bond donors (Lipinski definition) is 2. The van der Waals surface area contributed by atoms with Crippen molar-refractivity contribution in [3.8, 4) is 5.75 Å². The van der Waals surface area contributed by atoms with Crippen LogP contribution in [0.5, 0.6) is 5.75 Å². The average Bonchev–Trinajstić information content (AvgIpc) is 2.29. The number of nitro groups is 1. The van der Waals surface area contributed by atoms with Gasteiger partial charge >= 0.3 is 0 Å². The molecule has 1 atom stereocenters. The SMILES string of the molecule is COc1ccc(NC(=O)[C@H](C)N)c([N+](=O)[O-])c1. The van der Waals surface area contributed by atoms with Gasteiger partial charge in [-0.2, -0.15) is 0 Å². The number of benzene rings is 1. The van der Waals surface area contributed by atoms with Crippen LogP contribution in [0.3, 0.4) is 0 Å². The van der Waals surface area contributed by atoms with Crippen molar-refractivity contribution in [1.29, 1.82) is 0 Å². The molecule has 1 aromatic carbocycles. The van der Waals surface area contributed by atoms with E-state index < -0.39 is 16.9 Å². The molecule has 0 aromatic heterocycles. The van der Waals surface area contributed by atoms with Gasteiger partial charge in [0.05, 0.1) is 24.1 Å². The maximum atomic E-state index is 11.4. The van der Waals surface area contributed by atoms with Crippen molar-refractivity contribution in [1.82, 2.24) is 0 Å². The molecule has 0 aliphatic rings. The lowest BCUT2D eigenvalue weighted by atomic mass is 10.2. The molecule has 0 aliphatic heterocycles. The normalized spacial score (nSPS) is 11.7. The number of rotatable bonds is 4. The number of nitrogens with one attached hydrogen (secondary N) is 1. The summed E-state index contributed by atoms with van der Waals surface area (Å²) in [5, 5.41) is 13.2. The average molecular weight is 239 g/mol. The molecular formula is C10H13N3O4. The first kappa shape index (κ1) is 12.9. The van der Waals surface area contributed by atoms with Crippen LogP contribution in [0.1, 0.15) is 6.92 Å². The zero-order valence-electron chi connectivity index (χ0n) is 9.47. The van der Waals surface area contributed by atoms with Crippen LogP contribution >= 0.6 is 0 Å². The van der Waals surface area contributed by atoms with Crippen molar-refractivity contribution in [3.63, 3.8) is 0 Å². The fraction of sp³-hybridized carbons (Fsp3) is 0.300. The van der Waals surface area contributed by atoms with Gasteiger partial charge in [-0.1, -0.05) is 0 Å². The second-order valence-electron chi connectivity index (χ2n) is 3.42. The van der Waals surface area contributed by atoms with E-state index in [-0.39, 0.29) is 11.4 Å². The zero-order valence-corrected chi connectivity index (χ0v) is 9.47. The molecule has 17 heavy (non-hydrogen) atoms. The quantitative estimate of drug-likeness (QED) is 0.599. The Morgan fingerprint density at radius 3 is 2.71 bits per heavy atom. The third kappa shape index (κ3) is 3.15. The number of hydrogen-bond acceptors (Lipinski definition) is 5. The lowest BCUT2D eigenvalue weighted by Gasteiger charge is -2.09. The van der Waals surface area contributed by atoms with Crippen LogP contribution in [0.15, 0.2) is 18.2 Å². The number of amides is 1. The summed E-state index contributed by atoms with van der Waals surface area (Å²) < 4.78 is 4.87. The third-order valence-corrected chi connectivity index (χ3v) is 2.07. The van der Waals surface area contributed by atoms with Gasteiger partial charge in [0.25, 0.3) is 5.69 Å². The Balaban J connectivity index is 3.06. The minimum absolute atomic E-state index is 0.0955. The van der Waals surface area contributed by atoms with Crippen molar-refractivity contribution in [2.24, 2.45) is 5.73 Å². The summed E-state index contributed by atoms with van der Waals surface area (Å²) in [5.41, 5.74) is 5.22. The summed E-state index contributed by atoms with van der Waals surface area (Å²) in [6.45, 7) is 1.49. The second-order valence-corrected chi connectivity index (χ2v) is 3.42. The van der Waals surface area contributed by atoms with Crippen LogP contribution in [0.25, 0.3) is 0 Å². The Hall–Kier alpha value is -2.15. The maximum Gasteiger partial charge on any atom is 0.296 e. The number of methoxy groups -OCH3 is 1. The molecule has 0 heterocycles. The minimum Gasteiger partial charge on any atom is -0.496 e. The van der Waals surface area contributed by atoms with Crippen LogP contribution in [0.2, 0.25) is 0 Å². The lowest BCUT2D eigenvalue weighted by Crippen LogP contribution is -2.32. The Kier molecular flexibility index (Phi) is 4.00. The molecule has 7 nitrogen and oxygen atoms in total. The van der Waals surface area contributed by atoms with E-state index in [2.05, 4.69) is 5.32 Å². The fourth-order valence-electron chi connectivity index (χ4n) is 1.14. The molecule has 0 aliphatic carbocycles. The highest BCUT2D eigenvalue weighted by molar-refractivity contribution is 5.96. The first-order chi connectivity index (χ1) is 7.95. The van der Waals surface area contributed by atoms with Gasteiger partial charge in [-0.3, -0.25) is 14.9 Å². The first-order valence-electron chi connectivity index (χ1n) is 4.84. The van der Waals surface area contributed by atoms with Crippen LogP contribution < -0.4 is 15.8 Å². The Morgan fingerprint density at radius 2 is 2.24 bits per heavy atom. The molecule has 3 N–H and O–H groups in total. The summed E-state index contributed by atoms with van der Waals surface area (Å²) in [5.74, 6) is -0.145. The van der Waals surface area contributed by atoms with Crippen LogP contribution in [-0.4, -0.2) is 24.0 Å². The van der Waals surface area contributed by atoms with Crippen LogP contribution in [0, 0.1) is 10.1 Å². The molecule has 1 rings (SSSR count). The largest absolute Gasteiger partial charge is 0.496 e. The highest BCUT2D eigenvalue weighted by Crippen LogP contribution is 2.28. The molecule has 0 radical (unpaired) electrons. The van der Waals surface area contributed by atoms with Gasteiger partial charge in [0.15, 0.2) is 0 Å². The summed E-state index contributed by atoms with van der Waals surface area (Å²) >= 11 is 0. The number of carbonyl (C=O) groups excluding carboxylic acids is 1. The van der Waals surface area contributed by atoms with E-state index in [1.54, 1.807) is 0 Å². The number of carbonyl (C=O) groups is 1. The van der Waals surface area contributed by atoms with E-state index in [4.69, 9.17) is 10.5 Å². The monoisotopic (exact) mass is 239 g/mol. The smallest absolute Gasteiger partial charge is 0.296 e. The highest BCUT2D eigenvalue weighted by atomic mass is 16.6. The number of nitrogens with two attached hydrogens (primary N) is 1. The summed E-state index contributed by atoms with van der Waals surface area (Å²) in [4.78, 5) is 21.6. The van der Waals surface area contributed by atoms with Crippen LogP contribution in [-0.2, 0) is 4.79 Å². The predicted molar refractivity (Wildman–Crippen MR) is 61.9 cm³/mol. The third-order valence-electron chi connectivity index (χ3n) is 2.07. The number of nitro benzene ring substituents is 1. The van der Waals surface area contributed by atoms with E-state index in [9.17, 15) is 14.9 Å². The van der Waals surface area contributed by atoms with Gasteiger partial charge in [-0.15, -0.1) is 0 Å². The molecule has 1 aromatic rings. The molecule has 7 heteroatoms. The molecule has 0 unspecified atom stereocenters. The van der Waals surface area contributed by atoms with Gasteiger partial charge in [-0.25, -0.2) is 0 Å². The Morgan fingerprint density at radius 1 is 1.59 bits per heavy atom. The lowest BCUT2D eigenvalue weighted by molar-refractivity contribution is -0.384. The topological polar surface area (TPSA) is 107 Å². The summed E-state index contributed by atoms with van der Waals surface area (Å²) in [6.07, 6.45) is 0. The molecular weight excluding hydrogens is 226 g/mol. The second kappa shape index (κ2) is 5.26. The van der Waals surface area contributed by atoms with Gasteiger partial charge in [-0.05, 0) is 19.1 Å². The number of nitrogens with zero attached hydrogens (tertiary/aromatic N) is 1. The van der Waals surface area contributed by atoms with Gasteiger partial charge < -0.3 is 15.8 Å². The molecule has 0 saturated heterocycles. The summed E-state index contributed by atoms with van der Waals surface area (Å²) in [7, 11) is 1.40. The highest BCUT2D eigenvalue weighted by Gasteiger charge is 2.18. The van der Waals surface area contributed by atoms with E-state index in [1.807, 2.05) is 0 Å². The Labute approximate surface area is 97.7 Å². The molecule has 0 spiro atoms. The maximum absolute atomic E-state index is 11.4. The van der Waals surface area contributed by atoms with Crippen molar-refractivity contribution in [2.75, 3.05) is 12.4 Å². The molecule has 92 valence electrons. The first-order valence-corrected chi connectivity index (χ1v) is 4.84. The van der Waals surface area contributed by atoms with E-state index >= 15 is 0 Å². The zero-order chi connectivity index (χ0) is 13.0. The molecule has 0 fully saturated rings. The van der Waals surface area contributed by atoms with E-state index in [0.29, 0.717) is 5.75 Å². The number of ether oxygens (including phenoxy) is 1. The van der Waals surface area contributed by atoms with Crippen molar-refractivity contribution in [2.45, 2.75) is 13.0 Å². The number of anilines is 1. The molecule has 1 amide bonds. The van der Waals surface area contributed by atoms with Crippen molar-refractivity contribution >= 4 is 17.3 Å². The Bertz CT molecular complexity index is 445. The van der Waals surface area contributed by atoms with Gasteiger partial charge in [0, 0.05) is 0 Å². The fourth-order valence-corrected chi connectivity index (χ4v) is 1.14. The molecule has 0 bridgehead atoms. The van der Waals surface area contributed by atoms with E-state index in [0.717, 1.165) is 0 Å². The standard InChI is InChI=1S/C10H13N3O4/c1-6(11)10(14)12-8-4-3-7(17-2)5-9(8)13(15)16/h3-6H,11H2,1-2H3,(H,12,14)/t6-/m0/s1. The van der Waals surface area contributed by atoms with E-state index in [1.165, 1.54) is 32.2 Å². The van der Waals surface area contributed by atoms with Crippen LogP contribution in [0.4, 0.5) is 11.4 Å². The van der Waals surface area contributed by atoms with Crippen molar-refractivity contribution < 1.29 is 14.5 Å². The van der Waals surface area contributed by atoms with Gasteiger partial charge in [0.2, 0.25) is 5.91 Å². The van der Waals surface area contributed by atoms with Gasteiger partial charge in [0.1, 0.15) is 11.4 Å². The summed E-state index contributed by atoms with van der Waals surface area (Å²) in [6, 6.07) is 3.41. The molecule has 0 saturated carbocycles.